The van der Waals surface area contributed by atoms with Crippen molar-refractivity contribution in [1.29, 1.82) is 0 Å². The van der Waals surface area contributed by atoms with Crippen molar-refractivity contribution in [3.63, 3.8) is 0 Å². The number of nitrogens with one attached hydrogen (secondary N) is 1. The van der Waals surface area contributed by atoms with E-state index in [0.717, 1.165) is 37.1 Å². The van der Waals surface area contributed by atoms with Crippen LogP contribution in [0, 0.1) is 0 Å². The Labute approximate surface area is 166 Å². The molecule has 0 spiro atoms. The Balaban J connectivity index is 1.95. The molecule has 0 unspecified atom stereocenters. The summed E-state index contributed by atoms with van der Waals surface area (Å²) in [6.07, 6.45) is 2.79. The third-order valence-corrected chi connectivity index (χ3v) is 5.02. The Morgan fingerprint density at radius 1 is 1.14 bits per heavy atom. The van der Waals surface area contributed by atoms with Crippen molar-refractivity contribution in [3.8, 4) is 0 Å². The summed E-state index contributed by atoms with van der Waals surface area (Å²) >= 11 is 0. The Bertz CT molecular complexity index is 840. The molecule has 28 heavy (non-hydrogen) atoms. The molecule has 1 aliphatic heterocycles. The topological polar surface area (TPSA) is 67.2 Å². The maximum atomic E-state index is 13.4. The SMILES string of the molecule is CC(C)NC(=O)c1nc(C(=O)N(Cc2ccccc2)C(C)C)n2c1CCCC2. The van der Waals surface area contributed by atoms with Crippen molar-refractivity contribution in [1.82, 2.24) is 19.8 Å². The number of nitrogens with zero attached hydrogens (tertiary/aromatic N) is 3. The van der Waals surface area contributed by atoms with Gasteiger partial charge in [0, 0.05) is 25.2 Å². The van der Waals surface area contributed by atoms with Crippen LogP contribution in [-0.4, -0.2) is 38.3 Å². The summed E-state index contributed by atoms with van der Waals surface area (Å²) in [5.74, 6) is 0.0673. The summed E-state index contributed by atoms with van der Waals surface area (Å²) in [6, 6.07) is 10.0. The van der Waals surface area contributed by atoms with Crippen LogP contribution in [0.2, 0.25) is 0 Å². The summed E-state index contributed by atoms with van der Waals surface area (Å²) in [4.78, 5) is 32.5. The number of fused-ring (bicyclic) bond motifs is 1. The summed E-state index contributed by atoms with van der Waals surface area (Å²) < 4.78 is 1.96. The van der Waals surface area contributed by atoms with Crippen molar-refractivity contribution in [2.75, 3.05) is 0 Å². The van der Waals surface area contributed by atoms with Gasteiger partial charge in [-0.25, -0.2) is 4.98 Å². The van der Waals surface area contributed by atoms with Crippen LogP contribution in [0.5, 0.6) is 0 Å². The first-order valence-corrected chi connectivity index (χ1v) is 10.1. The molecule has 1 aromatic heterocycles. The summed E-state index contributed by atoms with van der Waals surface area (Å²) in [5, 5.41) is 2.91. The van der Waals surface area contributed by atoms with Gasteiger partial charge < -0.3 is 14.8 Å². The zero-order valence-electron chi connectivity index (χ0n) is 17.2. The van der Waals surface area contributed by atoms with Crippen molar-refractivity contribution < 1.29 is 9.59 Å². The van der Waals surface area contributed by atoms with Gasteiger partial charge in [0.1, 0.15) is 5.69 Å². The number of aromatic nitrogens is 2. The van der Waals surface area contributed by atoms with Gasteiger partial charge in [-0.05, 0) is 52.5 Å². The molecule has 0 saturated carbocycles. The lowest BCUT2D eigenvalue weighted by atomic mass is 10.1. The van der Waals surface area contributed by atoms with E-state index < -0.39 is 0 Å². The molecule has 0 fully saturated rings. The maximum absolute atomic E-state index is 13.4. The molecule has 2 aromatic rings. The Hall–Kier alpha value is -2.63. The third-order valence-electron chi connectivity index (χ3n) is 5.02. The minimum Gasteiger partial charge on any atom is -0.348 e. The maximum Gasteiger partial charge on any atom is 0.290 e. The second kappa shape index (κ2) is 8.59. The minimum absolute atomic E-state index is 0.0252. The smallest absolute Gasteiger partial charge is 0.290 e. The standard InChI is InChI=1S/C22H30N4O2/c1-15(2)23-21(27)19-18-12-8-9-13-25(18)20(24-19)22(28)26(16(3)4)14-17-10-6-5-7-11-17/h5-7,10-11,15-16H,8-9,12-14H2,1-4H3,(H,23,27). The third kappa shape index (κ3) is 4.26. The van der Waals surface area contributed by atoms with Crippen LogP contribution < -0.4 is 5.32 Å². The lowest BCUT2D eigenvalue weighted by Gasteiger charge is -2.27. The van der Waals surface area contributed by atoms with E-state index in [0.29, 0.717) is 18.1 Å². The van der Waals surface area contributed by atoms with Gasteiger partial charge in [0.05, 0.1) is 5.69 Å². The number of carbonyl (C=O) groups is 2. The molecule has 0 atom stereocenters. The molecule has 0 bridgehead atoms. The number of hydrogen-bond donors (Lipinski definition) is 1. The van der Waals surface area contributed by atoms with Gasteiger partial charge in [-0.15, -0.1) is 0 Å². The molecule has 1 aliphatic rings. The second-order valence-electron chi connectivity index (χ2n) is 7.98. The minimum atomic E-state index is -0.196. The molecule has 2 heterocycles. The quantitative estimate of drug-likeness (QED) is 0.832. The van der Waals surface area contributed by atoms with Crippen LogP contribution in [0.15, 0.2) is 30.3 Å². The van der Waals surface area contributed by atoms with Crippen LogP contribution in [0.1, 0.15) is 72.9 Å². The molecule has 150 valence electrons. The number of amides is 2. The number of imidazole rings is 1. The number of benzene rings is 1. The second-order valence-corrected chi connectivity index (χ2v) is 7.98. The summed E-state index contributed by atoms with van der Waals surface area (Å²) in [5.41, 5.74) is 2.36. The highest BCUT2D eigenvalue weighted by Gasteiger charge is 2.30. The van der Waals surface area contributed by atoms with Crippen molar-refractivity contribution in [2.45, 2.75) is 72.1 Å². The fraction of sp³-hybridized carbons (Fsp3) is 0.500. The first kappa shape index (κ1) is 20.1. The van der Waals surface area contributed by atoms with Crippen molar-refractivity contribution >= 4 is 11.8 Å². The largest absolute Gasteiger partial charge is 0.348 e. The molecule has 6 heteroatoms. The van der Waals surface area contributed by atoms with Crippen LogP contribution in [0.25, 0.3) is 0 Å². The fourth-order valence-corrected chi connectivity index (χ4v) is 3.62. The molecular formula is C22H30N4O2. The van der Waals surface area contributed by atoms with Gasteiger partial charge in [0.2, 0.25) is 0 Å². The lowest BCUT2D eigenvalue weighted by molar-refractivity contribution is 0.0671. The highest BCUT2D eigenvalue weighted by atomic mass is 16.2. The van der Waals surface area contributed by atoms with E-state index in [4.69, 9.17) is 0 Å². The van der Waals surface area contributed by atoms with Crippen LogP contribution in [-0.2, 0) is 19.5 Å². The van der Waals surface area contributed by atoms with Crippen molar-refractivity contribution in [2.24, 2.45) is 0 Å². The summed E-state index contributed by atoms with van der Waals surface area (Å²) in [6.45, 7) is 9.11. The highest BCUT2D eigenvalue weighted by Crippen LogP contribution is 2.23. The molecule has 0 aliphatic carbocycles. The molecule has 0 radical (unpaired) electrons. The predicted octanol–water partition coefficient (Wildman–Crippen LogP) is 3.41. The van der Waals surface area contributed by atoms with Crippen LogP contribution >= 0.6 is 0 Å². The molecule has 0 saturated heterocycles. The number of rotatable bonds is 6. The average Bonchev–Trinajstić information content (AvgIpc) is 3.05. The Morgan fingerprint density at radius 2 is 1.86 bits per heavy atom. The van der Waals surface area contributed by atoms with Gasteiger partial charge in [-0.2, -0.15) is 0 Å². The zero-order chi connectivity index (χ0) is 20.3. The van der Waals surface area contributed by atoms with E-state index in [2.05, 4.69) is 10.3 Å². The van der Waals surface area contributed by atoms with E-state index in [-0.39, 0.29) is 23.9 Å². The van der Waals surface area contributed by atoms with Gasteiger partial charge in [0.15, 0.2) is 5.82 Å². The zero-order valence-corrected chi connectivity index (χ0v) is 17.2. The van der Waals surface area contributed by atoms with E-state index in [1.807, 2.05) is 67.5 Å². The van der Waals surface area contributed by atoms with Gasteiger partial charge in [-0.1, -0.05) is 30.3 Å². The van der Waals surface area contributed by atoms with E-state index in [1.54, 1.807) is 0 Å². The Kier molecular flexibility index (Phi) is 6.17. The molecule has 1 aromatic carbocycles. The molecule has 3 rings (SSSR count). The van der Waals surface area contributed by atoms with Crippen molar-refractivity contribution in [3.05, 3.63) is 53.1 Å². The van der Waals surface area contributed by atoms with E-state index in [9.17, 15) is 9.59 Å². The first-order valence-electron chi connectivity index (χ1n) is 10.1. The van der Waals surface area contributed by atoms with Gasteiger partial charge in [0.25, 0.3) is 11.8 Å². The number of hydrogen-bond acceptors (Lipinski definition) is 3. The predicted molar refractivity (Wildman–Crippen MR) is 109 cm³/mol. The lowest BCUT2D eigenvalue weighted by Crippen LogP contribution is -2.38. The summed E-state index contributed by atoms with van der Waals surface area (Å²) in [7, 11) is 0. The van der Waals surface area contributed by atoms with E-state index >= 15 is 0 Å². The average molecular weight is 383 g/mol. The highest BCUT2D eigenvalue weighted by molar-refractivity contribution is 5.97. The van der Waals surface area contributed by atoms with E-state index in [1.165, 1.54) is 0 Å². The van der Waals surface area contributed by atoms with Crippen LogP contribution in [0.3, 0.4) is 0 Å². The molecular weight excluding hydrogens is 352 g/mol. The number of carbonyl (C=O) groups excluding carboxylic acids is 2. The first-order chi connectivity index (χ1) is 13.4. The normalized spacial score (nSPS) is 13.5. The Morgan fingerprint density at radius 3 is 2.50 bits per heavy atom. The fourth-order valence-electron chi connectivity index (χ4n) is 3.62. The molecule has 1 N–H and O–H groups in total. The molecule has 2 amide bonds. The van der Waals surface area contributed by atoms with Crippen LogP contribution in [0.4, 0.5) is 0 Å². The molecule has 6 nitrogen and oxygen atoms in total. The van der Waals surface area contributed by atoms with Gasteiger partial charge in [-0.3, -0.25) is 9.59 Å². The monoisotopic (exact) mass is 382 g/mol. The van der Waals surface area contributed by atoms with Gasteiger partial charge >= 0.3 is 0 Å².